The smallest absolute Gasteiger partial charge is 0.0351 e. The van der Waals surface area contributed by atoms with E-state index in [1.165, 1.54) is 49.7 Å². The van der Waals surface area contributed by atoms with Gasteiger partial charge < -0.3 is 5.32 Å². The van der Waals surface area contributed by atoms with Crippen LogP contribution in [0.5, 0.6) is 0 Å². The van der Waals surface area contributed by atoms with Gasteiger partial charge in [-0.1, -0.05) is 57.4 Å². The molecule has 1 nitrogen and oxygen atoms in total. The van der Waals surface area contributed by atoms with E-state index in [0.29, 0.717) is 6.04 Å². The molecule has 0 amide bonds. The third-order valence-electron chi connectivity index (χ3n) is 5.01. The molecule has 2 rings (SSSR count). The molecule has 3 atom stereocenters. The Hall–Kier alpha value is -0.820. The third kappa shape index (κ3) is 3.85. The average Bonchev–Trinajstić information content (AvgIpc) is 2.49. The SMILES string of the molecule is CCCNC(c1ccccc1C)C1CCCC(CC)C1. The molecule has 0 saturated heterocycles. The van der Waals surface area contributed by atoms with Gasteiger partial charge >= 0.3 is 0 Å². The Bertz CT molecular complexity index is 399. The first-order valence-electron chi connectivity index (χ1n) is 8.55. The molecule has 1 saturated carbocycles. The number of rotatable bonds is 6. The lowest BCUT2D eigenvalue weighted by Gasteiger charge is -2.36. The number of aryl methyl sites for hydroxylation is 1. The van der Waals surface area contributed by atoms with Gasteiger partial charge in [0.1, 0.15) is 0 Å². The molecule has 0 aromatic heterocycles. The van der Waals surface area contributed by atoms with Crippen LogP contribution in [0, 0.1) is 18.8 Å². The molecule has 0 radical (unpaired) electrons. The lowest BCUT2D eigenvalue weighted by atomic mass is 9.74. The van der Waals surface area contributed by atoms with Gasteiger partial charge in [-0.25, -0.2) is 0 Å². The maximum absolute atomic E-state index is 3.84. The molecule has 3 unspecified atom stereocenters. The molecule has 1 N–H and O–H groups in total. The summed E-state index contributed by atoms with van der Waals surface area (Å²) in [6.45, 7) is 8.01. The van der Waals surface area contributed by atoms with Crippen molar-refractivity contribution in [2.24, 2.45) is 11.8 Å². The second kappa shape index (κ2) is 7.83. The molecule has 1 fully saturated rings. The van der Waals surface area contributed by atoms with Crippen molar-refractivity contribution in [2.75, 3.05) is 6.54 Å². The van der Waals surface area contributed by atoms with Gasteiger partial charge in [0.2, 0.25) is 0 Å². The van der Waals surface area contributed by atoms with Crippen LogP contribution in [0.15, 0.2) is 24.3 Å². The van der Waals surface area contributed by atoms with Gasteiger partial charge in [0.15, 0.2) is 0 Å². The summed E-state index contributed by atoms with van der Waals surface area (Å²) in [6, 6.07) is 9.51. The molecule has 0 aliphatic heterocycles. The second-order valence-corrected chi connectivity index (χ2v) is 6.49. The summed E-state index contributed by atoms with van der Waals surface area (Å²) in [6.07, 6.45) is 8.23. The summed E-state index contributed by atoms with van der Waals surface area (Å²) >= 11 is 0. The topological polar surface area (TPSA) is 12.0 Å². The second-order valence-electron chi connectivity index (χ2n) is 6.49. The molecule has 1 aliphatic carbocycles. The summed E-state index contributed by atoms with van der Waals surface area (Å²) in [4.78, 5) is 0. The summed E-state index contributed by atoms with van der Waals surface area (Å²) in [7, 11) is 0. The highest BCUT2D eigenvalue weighted by Crippen LogP contribution is 2.39. The monoisotopic (exact) mass is 273 g/mol. The molecular weight excluding hydrogens is 242 g/mol. The van der Waals surface area contributed by atoms with Crippen LogP contribution in [0.1, 0.15) is 69.5 Å². The Morgan fingerprint density at radius 2 is 2.00 bits per heavy atom. The first-order chi connectivity index (χ1) is 9.76. The molecule has 1 heteroatoms. The number of hydrogen-bond acceptors (Lipinski definition) is 1. The van der Waals surface area contributed by atoms with E-state index >= 15 is 0 Å². The van der Waals surface area contributed by atoms with E-state index in [4.69, 9.17) is 0 Å². The fourth-order valence-corrected chi connectivity index (χ4v) is 3.77. The lowest BCUT2D eigenvalue weighted by Crippen LogP contribution is -2.32. The lowest BCUT2D eigenvalue weighted by molar-refractivity contribution is 0.209. The highest BCUT2D eigenvalue weighted by atomic mass is 14.9. The van der Waals surface area contributed by atoms with Crippen LogP contribution < -0.4 is 5.32 Å². The summed E-state index contributed by atoms with van der Waals surface area (Å²) in [5.74, 6) is 1.77. The van der Waals surface area contributed by atoms with Gasteiger partial charge in [-0.05, 0) is 55.7 Å². The third-order valence-corrected chi connectivity index (χ3v) is 5.01. The van der Waals surface area contributed by atoms with Crippen molar-refractivity contribution in [3.63, 3.8) is 0 Å². The fourth-order valence-electron chi connectivity index (χ4n) is 3.77. The standard InChI is InChI=1S/C19H31N/c1-4-13-20-19(18-12-7-6-9-15(18)3)17-11-8-10-16(5-2)14-17/h6-7,9,12,16-17,19-20H,4-5,8,10-11,13-14H2,1-3H3. The Kier molecular flexibility index (Phi) is 6.09. The van der Waals surface area contributed by atoms with Crippen LogP contribution in [0.3, 0.4) is 0 Å². The fraction of sp³-hybridized carbons (Fsp3) is 0.684. The maximum atomic E-state index is 3.84. The zero-order chi connectivity index (χ0) is 14.4. The van der Waals surface area contributed by atoms with Crippen molar-refractivity contribution in [1.82, 2.24) is 5.32 Å². The molecule has 0 heterocycles. The van der Waals surface area contributed by atoms with Crippen molar-refractivity contribution in [1.29, 1.82) is 0 Å². The Labute approximate surface area is 125 Å². The maximum Gasteiger partial charge on any atom is 0.0351 e. The van der Waals surface area contributed by atoms with Crippen LogP contribution in [-0.2, 0) is 0 Å². The van der Waals surface area contributed by atoms with E-state index in [1.807, 2.05) is 0 Å². The van der Waals surface area contributed by atoms with Gasteiger partial charge in [0.05, 0.1) is 0 Å². The molecule has 1 aromatic carbocycles. The molecule has 1 aromatic rings. The van der Waals surface area contributed by atoms with Crippen LogP contribution in [0.25, 0.3) is 0 Å². The zero-order valence-corrected chi connectivity index (χ0v) is 13.5. The zero-order valence-electron chi connectivity index (χ0n) is 13.5. The predicted octanol–water partition coefficient (Wildman–Crippen LogP) is 5.25. The van der Waals surface area contributed by atoms with Gasteiger partial charge in [-0.2, -0.15) is 0 Å². The van der Waals surface area contributed by atoms with Gasteiger partial charge in [0.25, 0.3) is 0 Å². The Morgan fingerprint density at radius 3 is 2.70 bits per heavy atom. The Morgan fingerprint density at radius 1 is 1.20 bits per heavy atom. The molecule has 0 bridgehead atoms. The van der Waals surface area contributed by atoms with Crippen LogP contribution in [0.4, 0.5) is 0 Å². The van der Waals surface area contributed by atoms with Crippen LogP contribution in [-0.4, -0.2) is 6.54 Å². The van der Waals surface area contributed by atoms with Gasteiger partial charge in [-0.15, -0.1) is 0 Å². The first kappa shape index (κ1) is 15.6. The number of hydrogen-bond donors (Lipinski definition) is 1. The van der Waals surface area contributed by atoms with Crippen molar-refractivity contribution >= 4 is 0 Å². The minimum absolute atomic E-state index is 0.561. The highest BCUT2D eigenvalue weighted by Gasteiger charge is 2.28. The average molecular weight is 273 g/mol. The number of nitrogens with one attached hydrogen (secondary N) is 1. The largest absolute Gasteiger partial charge is 0.310 e. The first-order valence-corrected chi connectivity index (χ1v) is 8.55. The molecule has 0 spiro atoms. The minimum Gasteiger partial charge on any atom is -0.310 e. The molecule has 20 heavy (non-hydrogen) atoms. The van der Waals surface area contributed by atoms with Crippen molar-refractivity contribution in [3.05, 3.63) is 35.4 Å². The number of benzene rings is 1. The predicted molar refractivity (Wildman–Crippen MR) is 88.0 cm³/mol. The summed E-state index contributed by atoms with van der Waals surface area (Å²) < 4.78 is 0. The Balaban J connectivity index is 2.16. The van der Waals surface area contributed by atoms with E-state index in [-0.39, 0.29) is 0 Å². The minimum atomic E-state index is 0.561. The van der Waals surface area contributed by atoms with E-state index < -0.39 is 0 Å². The molecular formula is C19H31N. The molecule has 1 aliphatic rings. The van der Waals surface area contributed by atoms with Crippen molar-refractivity contribution < 1.29 is 0 Å². The van der Waals surface area contributed by atoms with E-state index in [2.05, 4.69) is 50.4 Å². The van der Waals surface area contributed by atoms with Crippen molar-refractivity contribution in [2.45, 2.75) is 65.3 Å². The highest BCUT2D eigenvalue weighted by molar-refractivity contribution is 5.29. The molecule has 112 valence electrons. The quantitative estimate of drug-likeness (QED) is 0.746. The van der Waals surface area contributed by atoms with E-state index in [9.17, 15) is 0 Å². The van der Waals surface area contributed by atoms with Crippen LogP contribution in [0.2, 0.25) is 0 Å². The van der Waals surface area contributed by atoms with Crippen LogP contribution >= 0.6 is 0 Å². The van der Waals surface area contributed by atoms with E-state index in [0.717, 1.165) is 18.4 Å². The van der Waals surface area contributed by atoms with Gasteiger partial charge in [-0.3, -0.25) is 0 Å². The van der Waals surface area contributed by atoms with Gasteiger partial charge in [0, 0.05) is 6.04 Å². The normalized spacial score (nSPS) is 24.6. The van der Waals surface area contributed by atoms with Crippen molar-refractivity contribution in [3.8, 4) is 0 Å². The summed E-state index contributed by atoms with van der Waals surface area (Å²) in [5.41, 5.74) is 2.97. The van der Waals surface area contributed by atoms with E-state index in [1.54, 1.807) is 0 Å². The summed E-state index contributed by atoms with van der Waals surface area (Å²) in [5, 5.41) is 3.84.